The van der Waals surface area contributed by atoms with Crippen molar-refractivity contribution >= 4 is 11.8 Å². The Bertz CT molecular complexity index is 603. The number of anilines is 2. The van der Waals surface area contributed by atoms with Gasteiger partial charge in [-0.3, -0.25) is 0 Å². The van der Waals surface area contributed by atoms with Gasteiger partial charge in [0.1, 0.15) is 5.82 Å². The molecule has 4 nitrogen and oxygen atoms in total. The number of hydrogen-bond donors (Lipinski definition) is 0. The summed E-state index contributed by atoms with van der Waals surface area (Å²) in [6.45, 7) is 5.12. The molecule has 1 aliphatic heterocycles. The highest BCUT2D eigenvalue weighted by atomic mass is 15.3. The third-order valence-corrected chi connectivity index (χ3v) is 4.20. The Kier molecular flexibility index (Phi) is 4.56. The summed E-state index contributed by atoms with van der Waals surface area (Å²) in [5.41, 5.74) is 2.59. The molecular formula is C18H24N4. The van der Waals surface area contributed by atoms with Gasteiger partial charge in [0.25, 0.3) is 0 Å². The molecule has 116 valence electrons. The van der Waals surface area contributed by atoms with E-state index in [2.05, 4.69) is 53.0 Å². The van der Waals surface area contributed by atoms with Gasteiger partial charge in [-0.1, -0.05) is 29.8 Å². The molecule has 0 amide bonds. The summed E-state index contributed by atoms with van der Waals surface area (Å²) in [5, 5.41) is 0. The van der Waals surface area contributed by atoms with E-state index in [1.54, 1.807) is 0 Å². The second-order valence-corrected chi connectivity index (χ2v) is 6.10. The lowest BCUT2D eigenvalue weighted by molar-refractivity contribution is 0.568. The van der Waals surface area contributed by atoms with E-state index in [9.17, 15) is 0 Å². The minimum atomic E-state index is 0.858. The van der Waals surface area contributed by atoms with Crippen LogP contribution >= 0.6 is 0 Å². The number of hydrogen-bond acceptors (Lipinski definition) is 4. The molecule has 1 aliphatic rings. The van der Waals surface area contributed by atoms with Crippen molar-refractivity contribution in [3.8, 4) is 0 Å². The fourth-order valence-corrected chi connectivity index (χ4v) is 2.85. The van der Waals surface area contributed by atoms with Gasteiger partial charge < -0.3 is 9.80 Å². The Morgan fingerprint density at radius 3 is 2.50 bits per heavy atom. The molecule has 0 radical (unpaired) electrons. The van der Waals surface area contributed by atoms with Crippen LogP contribution in [0.1, 0.15) is 30.4 Å². The number of aryl methyl sites for hydroxylation is 1. The van der Waals surface area contributed by atoms with Gasteiger partial charge in [-0.15, -0.1) is 0 Å². The Morgan fingerprint density at radius 2 is 1.77 bits per heavy atom. The van der Waals surface area contributed by atoms with Crippen LogP contribution in [0.3, 0.4) is 0 Å². The molecule has 0 unspecified atom stereocenters. The second kappa shape index (κ2) is 6.77. The predicted molar refractivity (Wildman–Crippen MR) is 91.4 cm³/mol. The van der Waals surface area contributed by atoms with Crippen LogP contribution in [0.4, 0.5) is 11.8 Å². The van der Waals surface area contributed by atoms with Crippen molar-refractivity contribution in [3.63, 3.8) is 0 Å². The van der Waals surface area contributed by atoms with Crippen molar-refractivity contribution in [3.05, 3.63) is 47.7 Å². The molecule has 1 aromatic heterocycles. The maximum Gasteiger partial charge on any atom is 0.227 e. The van der Waals surface area contributed by atoms with Gasteiger partial charge in [-0.25, -0.2) is 4.98 Å². The maximum atomic E-state index is 4.75. The maximum absolute atomic E-state index is 4.75. The predicted octanol–water partition coefficient (Wildman–Crippen LogP) is 3.41. The summed E-state index contributed by atoms with van der Waals surface area (Å²) in [5.74, 6) is 1.85. The van der Waals surface area contributed by atoms with Crippen LogP contribution in [0.15, 0.2) is 36.5 Å². The minimum Gasteiger partial charge on any atom is -0.355 e. The van der Waals surface area contributed by atoms with Crippen molar-refractivity contribution in [2.45, 2.75) is 32.7 Å². The lowest BCUT2D eigenvalue weighted by Crippen LogP contribution is -2.31. The summed E-state index contributed by atoms with van der Waals surface area (Å²) in [4.78, 5) is 13.7. The molecule has 0 bridgehead atoms. The van der Waals surface area contributed by atoms with Crippen LogP contribution in [-0.4, -0.2) is 30.1 Å². The molecule has 2 aromatic rings. The van der Waals surface area contributed by atoms with Gasteiger partial charge in [0, 0.05) is 32.9 Å². The van der Waals surface area contributed by atoms with E-state index in [1.807, 2.05) is 12.3 Å². The highest BCUT2D eigenvalue weighted by molar-refractivity contribution is 5.44. The van der Waals surface area contributed by atoms with Crippen molar-refractivity contribution in [2.75, 3.05) is 29.9 Å². The molecule has 1 fully saturated rings. The van der Waals surface area contributed by atoms with Crippen molar-refractivity contribution in [1.82, 2.24) is 9.97 Å². The SMILES string of the molecule is Cc1ccc(CN(C)c2ccnc(N3CCCCC3)n2)cc1. The zero-order valence-electron chi connectivity index (χ0n) is 13.5. The van der Waals surface area contributed by atoms with Crippen LogP contribution in [0, 0.1) is 6.92 Å². The van der Waals surface area contributed by atoms with E-state index in [1.165, 1.54) is 30.4 Å². The first kappa shape index (κ1) is 14.8. The van der Waals surface area contributed by atoms with Crippen LogP contribution in [0.25, 0.3) is 0 Å². The molecule has 0 saturated carbocycles. The lowest BCUT2D eigenvalue weighted by Gasteiger charge is -2.27. The van der Waals surface area contributed by atoms with Gasteiger partial charge in [-0.2, -0.15) is 4.98 Å². The first-order chi connectivity index (χ1) is 10.7. The van der Waals surface area contributed by atoms with Gasteiger partial charge >= 0.3 is 0 Å². The first-order valence-corrected chi connectivity index (χ1v) is 8.07. The Balaban J connectivity index is 1.71. The third kappa shape index (κ3) is 3.56. The average molecular weight is 296 g/mol. The molecule has 22 heavy (non-hydrogen) atoms. The number of benzene rings is 1. The van der Waals surface area contributed by atoms with Gasteiger partial charge in [-0.05, 0) is 37.8 Å². The van der Waals surface area contributed by atoms with Gasteiger partial charge in [0.05, 0.1) is 0 Å². The fourth-order valence-electron chi connectivity index (χ4n) is 2.85. The van der Waals surface area contributed by atoms with Crippen LogP contribution in [-0.2, 0) is 6.54 Å². The largest absolute Gasteiger partial charge is 0.355 e. The zero-order chi connectivity index (χ0) is 15.4. The summed E-state index contributed by atoms with van der Waals surface area (Å²) in [7, 11) is 2.09. The van der Waals surface area contributed by atoms with Crippen molar-refractivity contribution < 1.29 is 0 Å². The van der Waals surface area contributed by atoms with E-state index in [0.717, 1.165) is 31.4 Å². The van der Waals surface area contributed by atoms with Gasteiger partial charge in [0.15, 0.2) is 0 Å². The highest BCUT2D eigenvalue weighted by Crippen LogP contribution is 2.19. The van der Waals surface area contributed by atoms with Crippen LogP contribution in [0.5, 0.6) is 0 Å². The Morgan fingerprint density at radius 1 is 1.05 bits per heavy atom. The molecule has 1 saturated heterocycles. The average Bonchev–Trinajstić information content (AvgIpc) is 2.58. The molecule has 0 aliphatic carbocycles. The Hall–Kier alpha value is -2.10. The molecule has 2 heterocycles. The fraction of sp³-hybridized carbons (Fsp3) is 0.444. The molecule has 0 atom stereocenters. The van der Waals surface area contributed by atoms with E-state index in [0.29, 0.717) is 0 Å². The summed E-state index contributed by atoms with van der Waals surface area (Å²) < 4.78 is 0. The zero-order valence-corrected chi connectivity index (χ0v) is 13.5. The molecule has 3 rings (SSSR count). The summed E-state index contributed by atoms with van der Waals surface area (Å²) in [6.07, 6.45) is 5.68. The Labute approximate surface area is 132 Å². The van der Waals surface area contributed by atoms with Crippen molar-refractivity contribution in [1.29, 1.82) is 0 Å². The molecule has 4 heteroatoms. The smallest absolute Gasteiger partial charge is 0.227 e. The molecule has 1 aromatic carbocycles. The quantitative estimate of drug-likeness (QED) is 0.865. The summed E-state index contributed by atoms with van der Waals surface area (Å²) >= 11 is 0. The van der Waals surface area contributed by atoms with E-state index in [4.69, 9.17) is 4.98 Å². The second-order valence-electron chi connectivity index (χ2n) is 6.10. The number of rotatable bonds is 4. The highest BCUT2D eigenvalue weighted by Gasteiger charge is 2.14. The lowest BCUT2D eigenvalue weighted by atomic mass is 10.1. The number of aromatic nitrogens is 2. The number of piperidine rings is 1. The normalized spacial score (nSPS) is 14.9. The monoisotopic (exact) mass is 296 g/mol. The van der Waals surface area contributed by atoms with Crippen molar-refractivity contribution in [2.24, 2.45) is 0 Å². The molecular weight excluding hydrogens is 272 g/mol. The summed E-state index contributed by atoms with van der Waals surface area (Å²) in [6, 6.07) is 10.7. The first-order valence-electron chi connectivity index (χ1n) is 8.07. The molecule has 0 N–H and O–H groups in total. The third-order valence-electron chi connectivity index (χ3n) is 4.20. The van der Waals surface area contributed by atoms with E-state index < -0.39 is 0 Å². The minimum absolute atomic E-state index is 0.858. The van der Waals surface area contributed by atoms with Gasteiger partial charge in [0.2, 0.25) is 5.95 Å². The standard InChI is InChI=1S/C18H24N4/c1-15-6-8-16(9-7-15)14-21(2)17-10-11-19-18(20-17)22-12-4-3-5-13-22/h6-11H,3-5,12-14H2,1-2H3. The van der Waals surface area contributed by atoms with E-state index in [-0.39, 0.29) is 0 Å². The molecule has 0 spiro atoms. The van der Waals surface area contributed by atoms with E-state index >= 15 is 0 Å². The number of nitrogens with zero attached hydrogens (tertiary/aromatic N) is 4. The van der Waals surface area contributed by atoms with Crippen LogP contribution < -0.4 is 9.80 Å². The van der Waals surface area contributed by atoms with Crippen LogP contribution in [0.2, 0.25) is 0 Å². The topological polar surface area (TPSA) is 32.3 Å².